The first-order valence-corrected chi connectivity index (χ1v) is 3.67. The molecular formula is H10AlCaO4P. The third kappa shape index (κ3) is 69.7. The Kier molecular flexibility index (Phi) is 35.9. The Morgan fingerprint density at radius 2 is 1.00 bits per heavy atom. The molecule has 0 fully saturated rings. The summed E-state index contributed by atoms with van der Waals surface area (Å²) in [7, 11) is -3.14. The van der Waals surface area contributed by atoms with Crippen molar-refractivity contribution in [1.82, 2.24) is 0 Å². The van der Waals surface area contributed by atoms with Crippen molar-refractivity contribution in [3.8, 4) is 0 Å². The average molecular weight is 172 g/mol. The van der Waals surface area contributed by atoms with Gasteiger partial charge in [0.05, 0.1) is 0 Å². The summed E-state index contributed by atoms with van der Waals surface area (Å²) < 4.78 is 7.14. The van der Waals surface area contributed by atoms with E-state index in [-0.39, 0.29) is 37.7 Å². The van der Waals surface area contributed by atoms with Gasteiger partial charge in [-0.15, -0.1) is 0 Å². The molecule has 7 heteroatoms. The number of hydrogen-bond acceptors (Lipinski definition) is 4. The zero-order valence-corrected chi connectivity index (χ0v) is 6.52. The molecule has 0 rings (SSSR count). The van der Waals surface area contributed by atoms with Crippen molar-refractivity contribution in [1.29, 1.82) is 0 Å². The molecule has 0 bridgehead atoms. The monoisotopic (exact) mass is 172 g/mol. The minimum Gasteiger partial charge on any atom is -0.521 e. The minimum absolute atomic E-state index is 0. The van der Waals surface area contributed by atoms with Crippen LogP contribution >= 0.6 is 8.60 Å². The van der Waals surface area contributed by atoms with Gasteiger partial charge in [0.1, 0.15) is 0 Å². The molecule has 44 valence electrons. The van der Waals surface area contributed by atoms with E-state index in [1.165, 1.54) is 0 Å². The van der Waals surface area contributed by atoms with Crippen LogP contribution in [-0.4, -0.2) is 73.2 Å². The van der Waals surface area contributed by atoms with Crippen LogP contribution in [-0.2, 0) is 0 Å². The molecule has 0 aromatic heterocycles. The molecule has 4 N–H and O–H groups in total. The second-order valence-electron chi connectivity index (χ2n) is 0.346. The van der Waals surface area contributed by atoms with E-state index in [1.54, 1.807) is 0 Å². The van der Waals surface area contributed by atoms with E-state index in [2.05, 4.69) is 0 Å². The molecule has 0 unspecified atom stereocenters. The molecule has 4 nitrogen and oxygen atoms in total. The van der Waals surface area contributed by atoms with E-state index in [9.17, 15) is 0 Å². The largest absolute Gasteiger partial charge is 0.521 e. The van der Waals surface area contributed by atoms with Crippen LogP contribution in [0.2, 0.25) is 0 Å². The third-order valence-electron chi connectivity index (χ3n) is 0. The van der Waals surface area contributed by atoms with E-state index in [0.29, 0.717) is 16.6 Å². The van der Waals surface area contributed by atoms with Gasteiger partial charge >= 0.3 is 77.6 Å². The summed E-state index contributed by atoms with van der Waals surface area (Å²) in [5.41, 5.74) is 0. The standard InChI is InChI=1S/Al.Ca.H5O3P.H2O.4H/c;;1-4(2)3;;;;;/h;;1-3H,4H2;1H2;;;;/q+1;;;;;;;/p-1. The molecule has 0 aliphatic rings. The van der Waals surface area contributed by atoms with Crippen molar-refractivity contribution >= 4 is 63.0 Å². The molecule has 0 aromatic carbocycles. The first kappa shape index (κ1) is 16.0. The van der Waals surface area contributed by atoms with Crippen LogP contribution < -0.4 is 0 Å². The Bertz CT molecular complexity index is 16.4. The van der Waals surface area contributed by atoms with Gasteiger partial charge in [0.25, 0.3) is 0 Å². The normalized spacial score (nSPS) is 7.14. The fourth-order valence-corrected chi connectivity index (χ4v) is 0. The third-order valence-corrected chi connectivity index (χ3v) is 0. The van der Waals surface area contributed by atoms with Crippen molar-refractivity contribution in [2.75, 3.05) is 0 Å². The van der Waals surface area contributed by atoms with Crippen molar-refractivity contribution in [2.24, 2.45) is 0 Å². The van der Waals surface area contributed by atoms with Crippen LogP contribution in [0, 0.1) is 0 Å². The minimum atomic E-state index is -3.14. The second-order valence-corrected chi connectivity index (χ2v) is 1.04. The molecule has 0 amide bonds. The molecule has 0 heterocycles. The Balaban J connectivity index is -0.0000000480. The fraction of sp³-hybridized carbons (Fsp3) is 0. The van der Waals surface area contributed by atoms with Gasteiger partial charge in [-0.05, 0) is 0 Å². The van der Waals surface area contributed by atoms with Gasteiger partial charge in [-0.3, -0.25) is 0 Å². The summed E-state index contributed by atoms with van der Waals surface area (Å²) in [6, 6.07) is 0. The first-order chi connectivity index (χ1) is 2.73. The second kappa shape index (κ2) is 15.7. The molecular weight excluding hydrogens is 162 g/mol. The van der Waals surface area contributed by atoms with Gasteiger partial charge in [-0.1, -0.05) is 0 Å². The summed E-state index contributed by atoms with van der Waals surface area (Å²) in [5, 5.41) is 0. The van der Waals surface area contributed by atoms with Crippen LogP contribution in [0.15, 0.2) is 0 Å². The summed E-state index contributed by atoms with van der Waals surface area (Å²) in [6.45, 7) is 0. The zero-order valence-electron chi connectivity index (χ0n) is 3.37. The van der Waals surface area contributed by atoms with E-state index >= 15 is 0 Å². The molecule has 0 radical (unpaired) electrons. The van der Waals surface area contributed by atoms with E-state index in [4.69, 9.17) is 18.8 Å². The van der Waals surface area contributed by atoms with Crippen LogP contribution in [0.4, 0.5) is 0 Å². The van der Waals surface area contributed by atoms with Gasteiger partial charge in [-0.25, -0.2) is 0 Å². The van der Waals surface area contributed by atoms with E-state index in [0.717, 1.165) is 0 Å². The van der Waals surface area contributed by atoms with Crippen LogP contribution in [0.25, 0.3) is 0 Å². The maximum Gasteiger partial charge on any atom is 0.407 e. The first-order valence-electron chi connectivity index (χ1n) is 1.22. The van der Waals surface area contributed by atoms with Crippen molar-refractivity contribution in [3.63, 3.8) is 0 Å². The van der Waals surface area contributed by atoms with Crippen LogP contribution in [0.3, 0.4) is 0 Å². The summed E-state index contributed by atoms with van der Waals surface area (Å²) in [6.07, 6.45) is 0. The Labute approximate surface area is 80.9 Å². The zero-order chi connectivity index (χ0) is 5.58. The molecule has 7 heavy (non-hydrogen) atoms. The fourth-order valence-electron chi connectivity index (χ4n) is 0. The van der Waals surface area contributed by atoms with E-state index < -0.39 is 8.60 Å². The van der Waals surface area contributed by atoms with Crippen molar-refractivity contribution in [2.45, 2.75) is 0 Å². The molecule has 0 aliphatic carbocycles. The van der Waals surface area contributed by atoms with Crippen LogP contribution in [0.5, 0.6) is 0 Å². The number of hydrogen-bond donors (Lipinski definition) is 4. The maximum atomic E-state index is 7.31. The van der Waals surface area contributed by atoms with Gasteiger partial charge in [0.2, 0.25) is 0 Å². The molecule has 0 spiro atoms. The van der Waals surface area contributed by atoms with Gasteiger partial charge in [-0.2, -0.15) is 0 Å². The smallest absolute Gasteiger partial charge is 0.407 e. The Morgan fingerprint density at radius 1 is 1.00 bits per heavy atom. The SMILES string of the molecule is O[PH2](O)O.[CaH2].[OH][AlH2]. The Morgan fingerprint density at radius 3 is 1.00 bits per heavy atom. The maximum absolute atomic E-state index is 7.31. The summed E-state index contributed by atoms with van der Waals surface area (Å²) in [4.78, 5) is 21.9. The van der Waals surface area contributed by atoms with Gasteiger partial charge in [0.15, 0.2) is 0 Å². The van der Waals surface area contributed by atoms with Crippen LogP contribution in [0.1, 0.15) is 0 Å². The molecule has 0 saturated heterocycles. The van der Waals surface area contributed by atoms with Crippen molar-refractivity contribution in [3.05, 3.63) is 0 Å². The Hall–Kier alpha value is 2.06. The molecule has 0 atom stereocenters. The topological polar surface area (TPSA) is 80.9 Å². The quantitative estimate of drug-likeness (QED) is 0.224. The van der Waals surface area contributed by atoms with Gasteiger partial charge in [0, 0.05) is 0 Å². The van der Waals surface area contributed by atoms with E-state index in [1.807, 2.05) is 0 Å². The predicted octanol–water partition coefficient (Wildman–Crippen LogP) is -3.73. The predicted molar refractivity (Wildman–Crippen MR) is 35.7 cm³/mol. The molecule has 0 aromatic rings. The average Bonchev–Trinajstić information content (AvgIpc) is 1.41. The summed E-state index contributed by atoms with van der Waals surface area (Å²) in [5.74, 6) is 0. The number of rotatable bonds is 0. The summed E-state index contributed by atoms with van der Waals surface area (Å²) >= 11 is 0.306. The molecule has 0 aliphatic heterocycles. The molecule has 0 saturated carbocycles. The van der Waals surface area contributed by atoms with Gasteiger partial charge < -0.3 is 4.16 Å². The van der Waals surface area contributed by atoms with Crippen molar-refractivity contribution < 1.29 is 18.8 Å².